The van der Waals surface area contributed by atoms with Gasteiger partial charge in [0, 0.05) is 12.4 Å². The molecule has 5 heteroatoms. The molecule has 0 bridgehead atoms. The van der Waals surface area contributed by atoms with Crippen molar-refractivity contribution in [3.8, 4) is 17.2 Å². The zero-order valence-electron chi connectivity index (χ0n) is 11.4. The van der Waals surface area contributed by atoms with Crippen LogP contribution in [0.1, 0.15) is 5.82 Å². The van der Waals surface area contributed by atoms with E-state index in [1.165, 1.54) is 0 Å². The number of rotatable bonds is 6. The maximum atomic E-state index is 5.75. The lowest BCUT2D eigenvalue weighted by molar-refractivity contribution is 0.271. The molecule has 102 valence electrons. The van der Waals surface area contributed by atoms with Crippen LogP contribution in [-0.4, -0.2) is 30.4 Å². The Bertz CT molecular complexity index is 537. The van der Waals surface area contributed by atoms with Crippen LogP contribution in [-0.2, 0) is 6.54 Å². The standard InChI is InChI=1S/C14H18N2O3/c1-11-15-7-8-16(11)9-10-19-13-6-4-5-12(17-2)14(13)18-3/h4-8H,9-10H2,1-3H3. The average molecular weight is 262 g/mol. The molecule has 0 amide bonds. The van der Waals surface area contributed by atoms with Crippen molar-refractivity contribution in [3.63, 3.8) is 0 Å². The number of nitrogens with zero attached hydrogens (tertiary/aromatic N) is 2. The molecule has 0 N–H and O–H groups in total. The molecule has 0 saturated heterocycles. The Morgan fingerprint density at radius 3 is 2.58 bits per heavy atom. The van der Waals surface area contributed by atoms with E-state index in [0.717, 1.165) is 12.4 Å². The Hall–Kier alpha value is -2.17. The first-order valence-electron chi connectivity index (χ1n) is 6.07. The minimum atomic E-state index is 0.542. The molecule has 0 saturated carbocycles. The van der Waals surface area contributed by atoms with Crippen LogP contribution in [0, 0.1) is 6.92 Å². The molecule has 1 heterocycles. The number of hydrogen-bond donors (Lipinski definition) is 0. The summed E-state index contributed by atoms with van der Waals surface area (Å²) < 4.78 is 18.3. The van der Waals surface area contributed by atoms with Crippen LogP contribution in [0.3, 0.4) is 0 Å². The highest BCUT2D eigenvalue weighted by molar-refractivity contribution is 5.50. The van der Waals surface area contributed by atoms with Gasteiger partial charge in [-0.1, -0.05) is 6.07 Å². The molecule has 0 aliphatic rings. The van der Waals surface area contributed by atoms with Gasteiger partial charge >= 0.3 is 0 Å². The van der Waals surface area contributed by atoms with Gasteiger partial charge in [-0.15, -0.1) is 0 Å². The third-order valence-electron chi connectivity index (χ3n) is 2.88. The molecule has 1 aromatic carbocycles. The van der Waals surface area contributed by atoms with Gasteiger partial charge in [-0.2, -0.15) is 0 Å². The first kappa shape index (κ1) is 13.3. The fourth-order valence-electron chi connectivity index (χ4n) is 1.87. The lowest BCUT2D eigenvalue weighted by Gasteiger charge is -2.13. The summed E-state index contributed by atoms with van der Waals surface area (Å²) in [5.74, 6) is 2.94. The molecule has 0 aliphatic heterocycles. The fourth-order valence-corrected chi connectivity index (χ4v) is 1.87. The van der Waals surface area contributed by atoms with Crippen molar-refractivity contribution in [3.05, 3.63) is 36.4 Å². The van der Waals surface area contributed by atoms with Gasteiger partial charge in [-0.3, -0.25) is 0 Å². The van der Waals surface area contributed by atoms with Gasteiger partial charge < -0.3 is 18.8 Å². The molecule has 0 aliphatic carbocycles. The predicted octanol–water partition coefficient (Wildman–Crippen LogP) is 2.29. The lowest BCUT2D eigenvalue weighted by atomic mass is 10.3. The topological polar surface area (TPSA) is 45.5 Å². The van der Waals surface area contributed by atoms with Gasteiger partial charge in [-0.25, -0.2) is 4.98 Å². The van der Waals surface area contributed by atoms with E-state index in [9.17, 15) is 0 Å². The smallest absolute Gasteiger partial charge is 0.203 e. The second-order valence-corrected chi connectivity index (χ2v) is 4.01. The van der Waals surface area contributed by atoms with Crippen molar-refractivity contribution < 1.29 is 14.2 Å². The summed E-state index contributed by atoms with van der Waals surface area (Å²) in [6.07, 6.45) is 3.71. The Kier molecular flexibility index (Phi) is 4.28. The number of benzene rings is 1. The maximum absolute atomic E-state index is 5.75. The van der Waals surface area contributed by atoms with E-state index >= 15 is 0 Å². The van der Waals surface area contributed by atoms with E-state index in [2.05, 4.69) is 4.98 Å². The molecule has 0 spiro atoms. The maximum Gasteiger partial charge on any atom is 0.203 e. The summed E-state index contributed by atoms with van der Waals surface area (Å²) in [4.78, 5) is 4.17. The molecule has 0 radical (unpaired) electrons. The highest BCUT2D eigenvalue weighted by atomic mass is 16.5. The van der Waals surface area contributed by atoms with E-state index in [4.69, 9.17) is 14.2 Å². The van der Waals surface area contributed by atoms with E-state index in [-0.39, 0.29) is 0 Å². The van der Waals surface area contributed by atoms with E-state index in [1.54, 1.807) is 20.4 Å². The third kappa shape index (κ3) is 2.99. The van der Waals surface area contributed by atoms with Crippen molar-refractivity contribution >= 4 is 0 Å². The highest BCUT2D eigenvalue weighted by Crippen LogP contribution is 2.36. The van der Waals surface area contributed by atoms with Crippen molar-refractivity contribution in [2.75, 3.05) is 20.8 Å². The molecule has 1 aromatic heterocycles. The summed E-state index contributed by atoms with van der Waals surface area (Å²) in [5, 5.41) is 0. The number of aryl methyl sites for hydroxylation is 1. The summed E-state index contributed by atoms with van der Waals surface area (Å²) in [5.41, 5.74) is 0. The number of aromatic nitrogens is 2. The van der Waals surface area contributed by atoms with Gasteiger partial charge in [0.1, 0.15) is 12.4 Å². The first-order valence-corrected chi connectivity index (χ1v) is 6.07. The summed E-state index contributed by atoms with van der Waals surface area (Å²) >= 11 is 0. The van der Waals surface area contributed by atoms with Gasteiger partial charge in [0.15, 0.2) is 11.5 Å². The number of ether oxygens (including phenoxy) is 3. The summed E-state index contributed by atoms with van der Waals surface area (Å²) in [6.45, 7) is 3.25. The molecule has 2 aromatic rings. The van der Waals surface area contributed by atoms with E-state index in [0.29, 0.717) is 23.9 Å². The Morgan fingerprint density at radius 1 is 1.16 bits per heavy atom. The molecular formula is C14H18N2O3. The van der Waals surface area contributed by atoms with Gasteiger partial charge in [-0.05, 0) is 19.1 Å². The number of imidazole rings is 1. The second-order valence-electron chi connectivity index (χ2n) is 4.01. The summed E-state index contributed by atoms with van der Waals surface area (Å²) in [6, 6.07) is 5.58. The van der Waals surface area contributed by atoms with Crippen molar-refractivity contribution in [2.45, 2.75) is 13.5 Å². The first-order chi connectivity index (χ1) is 9.26. The molecule has 0 unspecified atom stereocenters. The molecule has 19 heavy (non-hydrogen) atoms. The lowest BCUT2D eigenvalue weighted by Crippen LogP contribution is -2.09. The quantitative estimate of drug-likeness (QED) is 0.801. The third-order valence-corrected chi connectivity index (χ3v) is 2.88. The van der Waals surface area contributed by atoms with Gasteiger partial charge in [0.2, 0.25) is 5.75 Å². The van der Waals surface area contributed by atoms with Gasteiger partial charge in [0.25, 0.3) is 0 Å². The van der Waals surface area contributed by atoms with E-state index < -0.39 is 0 Å². The van der Waals surface area contributed by atoms with Crippen LogP contribution in [0.2, 0.25) is 0 Å². The molecule has 0 atom stereocenters. The molecular weight excluding hydrogens is 244 g/mol. The number of methoxy groups -OCH3 is 2. The van der Waals surface area contributed by atoms with E-state index in [1.807, 2.05) is 35.9 Å². The fraction of sp³-hybridized carbons (Fsp3) is 0.357. The summed E-state index contributed by atoms with van der Waals surface area (Å²) in [7, 11) is 3.21. The zero-order valence-corrected chi connectivity index (χ0v) is 11.4. The largest absolute Gasteiger partial charge is 0.493 e. The van der Waals surface area contributed by atoms with Crippen molar-refractivity contribution in [2.24, 2.45) is 0 Å². The van der Waals surface area contributed by atoms with Crippen LogP contribution < -0.4 is 14.2 Å². The number of para-hydroxylation sites is 1. The second kappa shape index (κ2) is 6.13. The molecule has 5 nitrogen and oxygen atoms in total. The van der Waals surface area contributed by atoms with Gasteiger partial charge in [0.05, 0.1) is 20.8 Å². The Labute approximate surface area is 112 Å². The number of hydrogen-bond acceptors (Lipinski definition) is 4. The van der Waals surface area contributed by atoms with Crippen LogP contribution in [0.15, 0.2) is 30.6 Å². The van der Waals surface area contributed by atoms with Crippen molar-refractivity contribution in [1.82, 2.24) is 9.55 Å². The molecule has 0 fully saturated rings. The highest BCUT2D eigenvalue weighted by Gasteiger charge is 2.10. The Morgan fingerprint density at radius 2 is 1.95 bits per heavy atom. The van der Waals surface area contributed by atoms with Crippen LogP contribution in [0.5, 0.6) is 17.2 Å². The predicted molar refractivity (Wildman–Crippen MR) is 72.0 cm³/mol. The monoisotopic (exact) mass is 262 g/mol. The van der Waals surface area contributed by atoms with Crippen molar-refractivity contribution in [1.29, 1.82) is 0 Å². The molecule has 2 rings (SSSR count). The van der Waals surface area contributed by atoms with Crippen LogP contribution in [0.4, 0.5) is 0 Å². The normalized spacial score (nSPS) is 10.3. The Balaban J connectivity index is 2.01. The minimum Gasteiger partial charge on any atom is -0.493 e. The van der Waals surface area contributed by atoms with Crippen LogP contribution in [0.25, 0.3) is 0 Å². The SMILES string of the molecule is COc1cccc(OCCn2ccnc2C)c1OC. The zero-order chi connectivity index (χ0) is 13.7. The average Bonchev–Trinajstić information content (AvgIpc) is 2.84. The minimum absolute atomic E-state index is 0.542. The van der Waals surface area contributed by atoms with Crippen LogP contribution >= 0.6 is 0 Å².